The lowest BCUT2D eigenvalue weighted by Crippen LogP contribution is -2.61. The second-order valence-corrected chi connectivity index (χ2v) is 14.7. The molecule has 0 fully saturated rings. The monoisotopic (exact) mass is 591 g/mol. The van der Waals surface area contributed by atoms with Crippen molar-refractivity contribution in [3.05, 3.63) is 41.5 Å². The minimum Gasteiger partial charge on any atom is -0.494 e. The molecule has 0 saturated carbocycles. The van der Waals surface area contributed by atoms with Gasteiger partial charge in [-0.25, -0.2) is 4.79 Å². The van der Waals surface area contributed by atoms with Crippen LogP contribution in [-0.4, -0.2) is 71.4 Å². The number of hydrogen-bond donors (Lipinski definition) is 4. The topological polar surface area (TPSA) is 108 Å². The van der Waals surface area contributed by atoms with Crippen molar-refractivity contribution in [2.45, 2.75) is 104 Å². The molecule has 0 aliphatic heterocycles. The molecule has 0 aliphatic rings. The van der Waals surface area contributed by atoms with Crippen LogP contribution in [0.3, 0.4) is 0 Å². The van der Waals surface area contributed by atoms with Gasteiger partial charge in [0.1, 0.15) is 11.8 Å². The molecule has 0 aromatic heterocycles. The molecular weight excluding hydrogens is 538 g/mol. The summed E-state index contributed by atoms with van der Waals surface area (Å²) in [5.41, 5.74) is -0.178. The number of aliphatic carboxylic acids is 1. The Morgan fingerprint density at radius 2 is 1.66 bits per heavy atom. The number of carbonyl (C=O) groups excluding carboxylic acids is 2. The van der Waals surface area contributed by atoms with Crippen LogP contribution >= 0.6 is 12.6 Å². The summed E-state index contributed by atoms with van der Waals surface area (Å²) in [6.45, 7) is 19.7. The fraction of sp³-hybridized carbons (Fsp3) is 0.656. The van der Waals surface area contributed by atoms with Crippen molar-refractivity contribution in [2.24, 2.45) is 11.3 Å². The van der Waals surface area contributed by atoms with Gasteiger partial charge in [-0.3, -0.25) is 9.59 Å². The molecule has 0 bridgehead atoms. The average Bonchev–Trinajstić information content (AvgIpc) is 2.83. The molecule has 3 atom stereocenters. The van der Waals surface area contributed by atoms with Crippen LogP contribution in [0.25, 0.3) is 0 Å². The Morgan fingerprint density at radius 3 is 2.12 bits per heavy atom. The maximum Gasteiger partial charge on any atom is 0.331 e. The third kappa shape index (κ3) is 10.7. The van der Waals surface area contributed by atoms with Gasteiger partial charge in [0.2, 0.25) is 11.8 Å². The van der Waals surface area contributed by atoms with Crippen LogP contribution in [0.1, 0.15) is 81.2 Å². The summed E-state index contributed by atoms with van der Waals surface area (Å²) < 4.78 is 5.84. The van der Waals surface area contributed by atoms with Gasteiger partial charge in [0.25, 0.3) is 0 Å². The molecule has 1 rings (SSSR count). The van der Waals surface area contributed by atoms with E-state index in [2.05, 4.69) is 23.3 Å². The van der Waals surface area contributed by atoms with E-state index >= 15 is 0 Å². The first-order chi connectivity index (χ1) is 18.6. The Morgan fingerprint density at radius 1 is 1.07 bits per heavy atom. The predicted molar refractivity (Wildman–Crippen MR) is 170 cm³/mol. The van der Waals surface area contributed by atoms with E-state index in [9.17, 15) is 19.5 Å². The predicted octanol–water partition coefficient (Wildman–Crippen LogP) is 5.07. The molecule has 0 aliphatic carbocycles. The van der Waals surface area contributed by atoms with Crippen molar-refractivity contribution < 1.29 is 24.2 Å². The molecule has 0 radical (unpaired) electrons. The fourth-order valence-electron chi connectivity index (χ4n) is 4.70. The largest absolute Gasteiger partial charge is 0.494 e. The molecule has 9 heteroatoms. The minimum atomic E-state index is -1.03. The van der Waals surface area contributed by atoms with Gasteiger partial charge in [-0.15, -0.1) is 0 Å². The van der Waals surface area contributed by atoms with E-state index in [-0.39, 0.29) is 28.1 Å². The first-order valence-electron chi connectivity index (χ1n) is 14.2. The summed E-state index contributed by atoms with van der Waals surface area (Å²) in [5, 5.41) is 15.6. The first-order valence-corrected chi connectivity index (χ1v) is 14.7. The number of nitrogens with one attached hydrogen (secondary N) is 2. The molecule has 2 amide bonds. The quantitative estimate of drug-likeness (QED) is 0.178. The average molecular weight is 592 g/mol. The first kappa shape index (κ1) is 36.5. The van der Waals surface area contributed by atoms with Crippen LogP contribution in [0.2, 0.25) is 0 Å². The van der Waals surface area contributed by atoms with Crippen LogP contribution in [0.15, 0.2) is 35.9 Å². The van der Waals surface area contributed by atoms with E-state index in [0.717, 1.165) is 17.7 Å². The number of rotatable bonds is 14. The van der Waals surface area contributed by atoms with Crippen LogP contribution in [0, 0.1) is 11.3 Å². The van der Waals surface area contributed by atoms with Crippen molar-refractivity contribution in [1.82, 2.24) is 15.5 Å². The number of hydrogen-bond acceptors (Lipinski definition) is 6. The maximum atomic E-state index is 13.9. The van der Waals surface area contributed by atoms with Gasteiger partial charge < -0.3 is 25.4 Å². The Balaban J connectivity index is 3.28. The van der Waals surface area contributed by atoms with Crippen molar-refractivity contribution in [1.29, 1.82) is 0 Å². The van der Waals surface area contributed by atoms with E-state index in [1.807, 2.05) is 86.6 Å². The van der Waals surface area contributed by atoms with Crippen molar-refractivity contribution >= 4 is 30.4 Å². The molecule has 0 heterocycles. The lowest BCUT2D eigenvalue weighted by Gasteiger charge is -2.40. The molecular formula is C32H53N3O5S. The normalized spacial score (nSPS) is 15.2. The molecule has 0 spiro atoms. The zero-order valence-electron chi connectivity index (χ0n) is 27.1. The number of thiol groups is 1. The van der Waals surface area contributed by atoms with Gasteiger partial charge in [-0.1, -0.05) is 80.5 Å². The lowest BCUT2D eigenvalue weighted by atomic mass is 9.76. The van der Waals surface area contributed by atoms with Gasteiger partial charge in [-0.05, 0) is 49.4 Å². The Labute approximate surface area is 253 Å². The molecule has 3 N–H and O–H groups in total. The van der Waals surface area contributed by atoms with Crippen LogP contribution in [-0.2, 0) is 19.8 Å². The highest BCUT2D eigenvalue weighted by Gasteiger charge is 2.41. The van der Waals surface area contributed by atoms with Crippen LogP contribution in [0.5, 0.6) is 5.75 Å². The van der Waals surface area contributed by atoms with E-state index in [1.165, 1.54) is 6.92 Å². The number of ether oxygens (including phenoxy) is 1. The summed E-state index contributed by atoms with van der Waals surface area (Å²) in [5.74, 6) is -0.935. The van der Waals surface area contributed by atoms with E-state index in [1.54, 1.807) is 25.1 Å². The smallest absolute Gasteiger partial charge is 0.331 e. The Bertz CT molecular complexity index is 1090. The number of carbonyl (C=O) groups is 3. The van der Waals surface area contributed by atoms with E-state index < -0.39 is 34.9 Å². The Hall–Kier alpha value is -2.52. The summed E-state index contributed by atoms with van der Waals surface area (Å²) in [4.78, 5) is 40.7. The zero-order chi connectivity index (χ0) is 31.9. The summed E-state index contributed by atoms with van der Waals surface area (Å²) in [6.07, 6.45) is 2.38. The summed E-state index contributed by atoms with van der Waals surface area (Å²) in [7, 11) is 3.39. The minimum absolute atomic E-state index is 0.0353. The van der Waals surface area contributed by atoms with Gasteiger partial charge in [0.05, 0.1) is 18.7 Å². The third-order valence-corrected chi connectivity index (χ3v) is 7.69. The Kier molecular flexibility index (Phi) is 13.0. The zero-order valence-corrected chi connectivity index (χ0v) is 28.0. The lowest BCUT2D eigenvalue weighted by molar-refractivity contribution is -0.141. The van der Waals surface area contributed by atoms with Gasteiger partial charge in [0, 0.05) is 22.8 Å². The number of carboxylic acid groups (broad SMARTS) is 1. The molecule has 8 nitrogen and oxygen atoms in total. The van der Waals surface area contributed by atoms with Crippen LogP contribution < -0.4 is 15.4 Å². The van der Waals surface area contributed by atoms with Gasteiger partial charge in [-0.2, -0.15) is 12.6 Å². The van der Waals surface area contributed by atoms with Crippen molar-refractivity contribution in [2.75, 3.05) is 20.7 Å². The molecule has 41 heavy (non-hydrogen) atoms. The van der Waals surface area contributed by atoms with E-state index in [0.29, 0.717) is 6.61 Å². The summed E-state index contributed by atoms with van der Waals surface area (Å²) in [6, 6.07) is 5.78. The van der Waals surface area contributed by atoms with Crippen LogP contribution in [0.4, 0.5) is 0 Å². The highest BCUT2D eigenvalue weighted by Crippen LogP contribution is 2.31. The summed E-state index contributed by atoms with van der Waals surface area (Å²) >= 11 is 4.56. The molecule has 1 aromatic rings. The number of likely N-dealkylation sites (N-methyl/N-ethyl adjacent to an activating group) is 2. The second kappa shape index (κ2) is 14.6. The van der Waals surface area contributed by atoms with Crippen molar-refractivity contribution in [3.63, 3.8) is 0 Å². The molecule has 0 saturated heterocycles. The van der Waals surface area contributed by atoms with Crippen molar-refractivity contribution in [3.8, 4) is 5.75 Å². The SMILES string of the molecule is CN[C@H](C(=O)NC(C(=O)N(C)[C@H](/C=C(\C)C(=O)O)C(C)C)C(C)(C)C)C(C)(C)c1cccc(OCCC(C)(C)S)c1. The number of nitrogens with zero attached hydrogens (tertiary/aromatic N) is 1. The standard InChI is InChI=1S/C32H53N3O5S/c1-20(2)24(18-21(3)29(38)39)35(12)28(37)26(30(4,5)6)34-27(36)25(33-11)32(9,10)22-14-13-15-23(19-22)40-17-16-31(7,8)41/h13-15,18-20,24-26,33,41H,16-17H2,1-12H3,(H,34,36)(H,38,39)/b21-18+/t24-,25-,26?/m1/s1. The maximum absolute atomic E-state index is 13.9. The fourth-order valence-corrected chi connectivity index (χ4v) is 4.79. The third-order valence-electron chi connectivity index (χ3n) is 7.47. The van der Waals surface area contributed by atoms with E-state index in [4.69, 9.17) is 4.74 Å². The molecule has 1 unspecified atom stereocenters. The highest BCUT2D eigenvalue weighted by molar-refractivity contribution is 7.81. The number of amides is 2. The second-order valence-electron chi connectivity index (χ2n) is 13.5. The van der Waals surface area contributed by atoms with Gasteiger partial charge >= 0.3 is 5.97 Å². The highest BCUT2D eigenvalue weighted by atomic mass is 32.1. The molecule has 1 aromatic carbocycles. The van der Waals surface area contributed by atoms with Gasteiger partial charge in [0.15, 0.2) is 0 Å². The molecule has 232 valence electrons. The number of carboxylic acids is 1. The number of benzene rings is 1.